The SMILES string of the molecule is O=C(O)C=Cc1ccc(CC(F)(F)Oc2ccc(OCCCC(F)(F)F)cc2)cc1. The molecule has 0 aromatic heterocycles. The molecule has 0 fully saturated rings. The Kier molecular flexibility index (Phi) is 7.79. The Balaban J connectivity index is 1.86. The van der Waals surface area contributed by atoms with Gasteiger partial charge in [-0.15, -0.1) is 0 Å². The topological polar surface area (TPSA) is 55.8 Å². The normalized spacial score (nSPS) is 12.2. The number of carboxylic acid groups (broad SMARTS) is 1. The molecule has 0 radical (unpaired) electrons. The van der Waals surface area contributed by atoms with E-state index in [1.807, 2.05) is 0 Å². The molecule has 0 aliphatic rings. The third kappa shape index (κ3) is 8.93. The standard InChI is InChI=1S/C21H19F5O4/c22-20(23,24)12-1-13-29-17-7-9-18(10-8-17)30-21(25,26)14-16-4-2-15(3-5-16)6-11-19(27)28/h2-11H,1,12-14H2,(H,27,28). The molecule has 1 N–H and O–H groups in total. The number of carboxylic acids is 1. The van der Waals surface area contributed by atoms with Crippen LogP contribution in [0.15, 0.2) is 54.6 Å². The number of carbonyl (C=O) groups is 1. The minimum Gasteiger partial charge on any atom is -0.494 e. The van der Waals surface area contributed by atoms with Crippen LogP contribution in [-0.4, -0.2) is 30.0 Å². The largest absolute Gasteiger partial charge is 0.494 e. The molecule has 0 amide bonds. The number of rotatable bonds is 10. The molecular weight excluding hydrogens is 411 g/mol. The van der Waals surface area contributed by atoms with Gasteiger partial charge in [-0.3, -0.25) is 0 Å². The summed E-state index contributed by atoms with van der Waals surface area (Å²) in [7, 11) is 0. The van der Waals surface area contributed by atoms with Crippen molar-refractivity contribution in [2.24, 2.45) is 0 Å². The summed E-state index contributed by atoms with van der Waals surface area (Å²) >= 11 is 0. The Labute approximate surface area is 169 Å². The number of alkyl halides is 5. The van der Waals surface area contributed by atoms with E-state index in [4.69, 9.17) is 14.6 Å². The molecule has 0 unspecified atom stereocenters. The Hall–Kier alpha value is -3.10. The highest BCUT2D eigenvalue weighted by Gasteiger charge is 2.32. The summed E-state index contributed by atoms with van der Waals surface area (Å²) in [6.07, 6.45) is -7.34. The van der Waals surface area contributed by atoms with E-state index in [0.717, 1.165) is 6.08 Å². The summed E-state index contributed by atoms with van der Waals surface area (Å²) < 4.78 is 74.4. The van der Waals surface area contributed by atoms with E-state index in [-0.39, 0.29) is 30.1 Å². The van der Waals surface area contributed by atoms with Gasteiger partial charge in [-0.25, -0.2) is 4.79 Å². The molecule has 2 aromatic carbocycles. The molecule has 0 saturated carbocycles. The molecule has 2 rings (SSSR count). The van der Waals surface area contributed by atoms with Crippen molar-refractivity contribution in [3.63, 3.8) is 0 Å². The van der Waals surface area contributed by atoms with Crippen molar-refractivity contribution in [2.75, 3.05) is 6.61 Å². The maximum absolute atomic E-state index is 14.2. The van der Waals surface area contributed by atoms with Gasteiger partial charge >= 0.3 is 18.3 Å². The van der Waals surface area contributed by atoms with E-state index in [1.54, 1.807) is 0 Å². The molecule has 4 nitrogen and oxygen atoms in total. The van der Waals surface area contributed by atoms with E-state index in [2.05, 4.69) is 0 Å². The maximum atomic E-state index is 14.2. The monoisotopic (exact) mass is 430 g/mol. The molecule has 0 saturated heterocycles. The van der Waals surface area contributed by atoms with Crippen molar-refractivity contribution < 1.29 is 41.3 Å². The van der Waals surface area contributed by atoms with Gasteiger partial charge in [0.2, 0.25) is 0 Å². The second-order valence-electron chi connectivity index (χ2n) is 6.37. The van der Waals surface area contributed by atoms with Crippen LogP contribution in [0.3, 0.4) is 0 Å². The Morgan fingerprint density at radius 3 is 2.10 bits per heavy atom. The third-order valence-electron chi connectivity index (χ3n) is 3.77. The van der Waals surface area contributed by atoms with Gasteiger partial charge in [0, 0.05) is 12.5 Å². The second kappa shape index (κ2) is 10.1. The second-order valence-corrected chi connectivity index (χ2v) is 6.37. The highest BCUT2D eigenvalue weighted by molar-refractivity contribution is 5.85. The molecule has 0 bridgehead atoms. The van der Waals surface area contributed by atoms with Crippen LogP contribution in [0, 0.1) is 0 Å². The summed E-state index contributed by atoms with van der Waals surface area (Å²) in [6, 6.07) is 11.1. The number of hydrogen-bond donors (Lipinski definition) is 1. The van der Waals surface area contributed by atoms with Gasteiger partial charge < -0.3 is 14.6 Å². The molecular formula is C21H19F5O4. The molecule has 9 heteroatoms. The smallest absolute Gasteiger partial charge is 0.401 e. The lowest BCUT2D eigenvalue weighted by Gasteiger charge is -2.18. The number of ether oxygens (including phenoxy) is 2. The van der Waals surface area contributed by atoms with Gasteiger partial charge in [0.05, 0.1) is 13.0 Å². The first-order valence-electron chi connectivity index (χ1n) is 8.89. The zero-order valence-corrected chi connectivity index (χ0v) is 15.7. The molecule has 30 heavy (non-hydrogen) atoms. The average Bonchev–Trinajstić information content (AvgIpc) is 2.64. The lowest BCUT2D eigenvalue weighted by Crippen LogP contribution is -2.27. The van der Waals surface area contributed by atoms with E-state index < -0.39 is 31.1 Å². The molecule has 2 aromatic rings. The van der Waals surface area contributed by atoms with Gasteiger partial charge in [-0.2, -0.15) is 22.0 Å². The lowest BCUT2D eigenvalue weighted by atomic mass is 10.1. The van der Waals surface area contributed by atoms with Crippen LogP contribution in [0.2, 0.25) is 0 Å². The van der Waals surface area contributed by atoms with Gasteiger partial charge in [0.1, 0.15) is 11.5 Å². The van der Waals surface area contributed by atoms with Gasteiger partial charge in [-0.05, 0) is 47.9 Å². The van der Waals surface area contributed by atoms with Crippen LogP contribution in [0.5, 0.6) is 11.5 Å². The maximum Gasteiger partial charge on any atom is 0.401 e. The minimum absolute atomic E-state index is 0.122. The lowest BCUT2D eigenvalue weighted by molar-refractivity contribution is -0.174. The highest BCUT2D eigenvalue weighted by atomic mass is 19.4. The Bertz CT molecular complexity index is 843. The number of hydrogen-bond acceptors (Lipinski definition) is 3. The minimum atomic E-state index is -4.25. The van der Waals surface area contributed by atoms with Crippen LogP contribution in [0.25, 0.3) is 6.08 Å². The van der Waals surface area contributed by atoms with Crippen LogP contribution >= 0.6 is 0 Å². The van der Waals surface area contributed by atoms with E-state index in [1.165, 1.54) is 54.6 Å². The van der Waals surface area contributed by atoms with Gasteiger partial charge in [0.15, 0.2) is 0 Å². The summed E-state index contributed by atoms with van der Waals surface area (Å²) in [5, 5.41) is 8.57. The van der Waals surface area contributed by atoms with Crippen molar-refractivity contribution in [2.45, 2.75) is 31.5 Å². The van der Waals surface area contributed by atoms with Crippen molar-refractivity contribution >= 4 is 12.0 Å². The quantitative estimate of drug-likeness (QED) is 0.298. The Morgan fingerprint density at radius 2 is 1.53 bits per heavy atom. The van der Waals surface area contributed by atoms with E-state index in [9.17, 15) is 26.7 Å². The zero-order valence-electron chi connectivity index (χ0n) is 15.7. The number of aliphatic carboxylic acids is 1. The Morgan fingerprint density at radius 1 is 0.933 bits per heavy atom. The fourth-order valence-corrected chi connectivity index (χ4v) is 2.43. The van der Waals surface area contributed by atoms with Crippen molar-refractivity contribution in [3.8, 4) is 11.5 Å². The fraction of sp³-hybridized carbons (Fsp3) is 0.286. The van der Waals surface area contributed by atoms with Crippen LogP contribution < -0.4 is 9.47 Å². The highest BCUT2D eigenvalue weighted by Crippen LogP contribution is 2.27. The predicted molar refractivity (Wildman–Crippen MR) is 99.6 cm³/mol. The summed E-state index contributed by atoms with van der Waals surface area (Å²) in [4.78, 5) is 10.5. The fourth-order valence-electron chi connectivity index (χ4n) is 2.43. The molecule has 0 atom stereocenters. The first-order valence-corrected chi connectivity index (χ1v) is 8.89. The molecule has 0 aliphatic heterocycles. The van der Waals surface area contributed by atoms with Crippen LogP contribution in [0.4, 0.5) is 22.0 Å². The third-order valence-corrected chi connectivity index (χ3v) is 3.77. The van der Waals surface area contributed by atoms with Crippen LogP contribution in [0.1, 0.15) is 24.0 Å². The zero-order chi connectivity index (χ0) is 22.2. The van der Waals surface area contributed by atoms with Gasteiger partial charge in [0.25, 0.3) is 0 Å². The summed E-state index contributed by atoms with van der Waals surface area (Å²) in [5.41, 5.74) is 0.841. The molecule has 0 spiro atoms. The van der Waals surface area contributed by atoms with Crippen molar-refractivity contribution in [1.82, 2.24) is 0 Å². The number of benzene rings is 2. The summed E-state index contributed by atoms with van der Waals surface area (Å²) in [5.74, 6) is -0.988. The van der Waals surface area contributed by atoms with E-state index in [0.29, 0.717) is 5.56 Å². The van der Waals surface area contributed by atoms with Crippen molar-refractivity contribution in [1.29, 1.82) is 0 Å². The van der Waals surface area contributed by atoms with E-state index >= 15 is 0 Å². The van der Waals surface area contributed by atoms with Crippen molar-refractivity contribution in [3.05, 3.63) is 65.7 Å². The summed E-state index contributed by atoms with van der Waals surface area (Å²) in [6.45, 7) is -0.145. The molecule has 0 aliphatic carbocycles. The number of halogens is 5. The average molecular weight is 430 g/mol. The first kappa shape index (κ1) is 23.2. The predicted octanol–water partition coefficient (Wildman–Crippen LogP) is 5.72. The van der Waals surface area contributed by atoms with Gasteiger partial charge in [-0.1, -0.05) is 24.3 Å². The van der Waals surface area contributed by atoms with Crippen LogP contribution in [-0.2, 0) is 11.2 Å². The molecule has 162 valence electrons. The first-order chi connectivity index (χ1) is 14.0. The molecule has 0 heterocycles.